The molecule has 0 saturated carbocycles. The lowest BCUT2D eigenvalue weighted by Gasteiger charge is -2.11. The van der Waals surface area contributed by atoms with Crippen LogP contribution in [-0.4, -0.2) is 22.6 Å². The topological polar surface area (TPSA) is 84.5 Å². The van der Waals surface area contributed by atoms with E-state index in [0.717, 1.165) is 0 Å². The number of nitrogens with one attached hydrogen (secondary N) is 1. The smallest absolute Gasteiger partial charge is 0.272 e. The predicted octanol–water partition coefficient (Wildman–Crippen LogP) is -1.28. The lowest BCUT2D eigenvalue weighted by Crippen LogP contribution is -2.48. The predicted molar refractivity (Wildman–Crippen MR) is 37.5 cm³/mol. The van der Waals surface area contributed by atoms with Gasteiger partial charge in [0.15, 0.2) is 4.83 Å². The molecule has 1 rings (SSSR count). The fraction of sp³-hybridized carbons (Fsp3) is 0.250. The number of hydrogen-bond donors (Lipinski definition) is 2. The zero-order chi connectivity index (χ0) is 7.72. The highest BCUT2D eigenvalue weighted by Crippen LogP contribution is 2.04. The highest BCUT2D eigenvalue weighted by Gasteiger charge is 2.27. The third-order valence-electron chi connectivity index (χ3n) is 0.929. The largest absolute Gasteiger partial charge is 0.369 e. The van der Waals surface area contributed by atoms with Crippen LogP contribution in [0.25, 0.3) is 0 Å². The van der Waals surface area contributed by atoms with Crippen molar-refractivity contribution >= 4 is 33.7 Å². The standard InChI is InChI=1S/C4H4BrN3O2/c5-1-2(9)7-4(6)8-3(1)10/h1H,(H3,6,7,8,9,10). The quantitative estimate of drug-likeness (QED) is 0.382. The minimum Gasteiger partial charge on any atom is -0.369 e. The van der Waals surface area contributed by atoms with Gasteiger partial charge >= 0.3 is 0 Å². The summed E-state index contributed by atoms with van der Waals surface area (Å²) in [7, 11) is 0. The number of carbonyl (C=O) groups excluding carboxylic acids is 2. The third kappa shape index (κ3) is 1.15. The molecule has 1 atom stereocenters. The minimum atomic E-state index is -0.889. The Morgan fingerprint density at radius 3 is 2.70 bits per heavy atom. The lowest BCUT2D eigenvalue weighted by molar-refractivity contribution is -0.126. The number of aliphatic imine (C=N–C) groups is 1. The Morgan fingerprint density at radius 2 is 2.20 bits per heavy atom. The van der Waals surface area contributed by atoms with Gasteiger partial charge in [-0.3, -0.25) is 14.9 Å². The fourth-order valence-electron chi connectivity index (χ4n) is 0.505. The van der Waals surface area contributed by atoms with Gasteiger partial charge in [-0.1, -0.05) is 15.9 Å². The van der Waals surface area contributed by atoms with E-state index in [2.05, 4.69) is 26.2 Å². The van der Waals surface area contributed by atoms with Crippen LogP contribution in [0.2, 0.25) is 0 Å². The SMILES string of the molecule is NC1=NC(=O)C(Br)C(=O)N1. The molecular formula is C4H4BrN3O2. The fourth-order valence-corrected chi connectivity index (χ4v) is 0.722. The molecule has 1 aliphatic rings. The first-order valence-corrected chi connectivity index (χ1v) is 3.36. The van der Waals surface area contributed by atoms with Crippen molar-refractivity contribution < 1.29 is 9.59 Å². The number of alkyl halides is 1. The van der Waals surface area contributed by atoms with Gasteiger partial charge in [-0.05, 0) is 0 Å². The molecule has 0 bridgehead atoms. The van der Waals surface area contributed by atoms with Gasteiger partial charge in [0.2, 0.25) is 11.9 Å². The van der Waals surface area contributed by atoms with Crippen LogP contribution in [-0.2, 0) is 9.59 Å². The molecule has 0 aromatic carbocycles. The monoisotopic (exact) mass is 205 g/mol. The molecule has 0 aromatic heterocycles. The van der Waals surface area contributed by atoms with Crippen molar-refractivity contribution in [3.05, 3.63) is 0 Å². The van der Waals surface area contributed by atoms with E-state index >= 15 is 0 Å². The molecule has 6 heteroatoms. The number of nitrogens with zero attached hydrogens (tertiary/aromatic N) is 1. The number of rotatable bonds is 0. The Hall–Kier alpha value is -0.910. The van der Waals surface area contributed by atoms with E-state index in [4.69, 9.17) is 5.73 Å². The van der Waals surface area contributed by atoms with E-state index in [-0.39, 0.29) is 5.96 Å². The summed E-state index contributed by atoms with van der Waals surface area (Å²) in [4.78, 5) is 23.7. The average Bonchev–Trinajstić information content (AvgIpc) is 1.82. The first kappa shape index (κ1) is 7.20. The first-order valence-electron chi connectivity index (χ1n) is 2.44. The van der Waals surface area contributed by atoms with Gasteiger partial charge in [-0.25, -0.2) is 0 Å². The maximum Gasteiger partial charge on any atom is 0.272 e. The third-order valence-corrected chi connectivity index (χ3v) is 1.74. The summed E-state index contributed by atoms with van der Waals surface area (Å²) in [5, 5.41) is 2.18. The molecule has 2 amide bonds. The molecular weight excluding hydrogens is 202 g/mol. The van der Waals surface area contributed by atoms with Gasteiger partial charge in [-0.2, -0.15) is 4.99 Å². The minimum absolute atomic E-state index is 0.147. The molecule has 1 unspecified atom stereocenters. The van der Waals surface area contributed by atoms with E-state index in [9.17, 15) is 9.59 Å². The second-order valence-electron chi connectivity index (χ2n) is 1.69. The van der Waals surface area contributed by atoms with Gasteiger partial charge in [0, 0.05) is 0 Å². The Bertz CT molecular complexity index is 225. The van der Waals surface area contributed by atoms with E-state index < -0.39 is 16.6 Å². The summed E-state index contributed by atoms with van der Waals surface area (Å²) >= 11 is 2.82. The van der Waals surface area contributed by atoms with E-state index in [1.165, 1.54) is 0 Å². The first-order chi connectivity index (χ1) is 4.61. The molecule has 0 radical (unpaired) electrons. The summed E-state index contributed by atoms with van der Waals surface area (Å²) in [6, 6.07) is 0. The van der Waals surface area contributed by atoms with Crippen molar-refractivity contribution in [2.24, 2.45) is 10.7 Å². The Kier molecular flexibility index (Phi) is 1.71. The molecule has 0 aromatic rings. The molecule has 0 spiro atoms. The molecule has 0 saturated heterocycles. The van der Waals surface area contributed by atoms with E-state index in [1.807, 2.05) is 0 Å². The molecule has 1 heterocycles. The van der Waals surface area contributed by atoms with E-state index in [0.29, 0.717) is 0 Å². The van der Waals surface area contributed by atoms with Crippen LogP contribution in [0.15, 0.2) is 4.99 Å². The van der Waals surface area contributed by atoms with Gasteiger partial charge in [0.05, 0.1) is 0 Å². The van der Waals surface area contributed by atoms with Crippen molar-refractivity contribution in [3.8, 4) is 0 Å². The van der Waals surface area contributed by atoms with Crippen LogP contribution in [0.4, 0.5) is 0 Å². The number of hydrogen-bond acceptors (Lipinski definition) is 3. The highest BCUT2D eigenvalue weighted by atomic mass is 79.9. The van der Waals surface area contributed by atoms with Crippen LogP contribution in [0.5, 0.6) is 0 Å². The molecule has 5 nitrogen and oxygen atoms in total. The summed E-state index contributed by atoms with van der Waals surface area (Å²) in [5.74, 6) is -1.19. The average molecular weight is 206 g/mol. The molecule has 1 aliphatic heterocycles. The zero-order valence-electron chi connectivity index (χ0n) is 4.80. The van der Waals surface area contributed by atoms with Crippen LogP contribution < -0.4 is 11.1 Å². The van der Waals surface area contributed by atoms with Crippen molar-refractivity contribution in [1.82, 2.24) is 5.32 Å². The second-order valence-corrected chi connectivity index (χ2v) is 2.60. The number of amides is 2. The Morgan fingerprint density at radius 1 is 1.60 bits per heavy atom. The summed E-state index contributed by atoms with van der Waals surface area (Å²) in [6.45, 7) is 0. The Labute approximate surface area is 64.8 Å². The normalized spacial score (nSPS) is 25.7. The van der Waals surface area contributed by atoms with Gasteiger partial charge in [0.25, 0.3) is 5.91 Å². The maximum absolute atomic E-state index is 10.7. The zero-order valence-corrected chi connectivity index (χ0v) is 6.38. The lowest BCUT2D eigenvalue weighted by atomic mass is 10.3. The van der Waals surface area contributed by atoms with Crippen LogP contribution in [0, 0.1) is 0 Å². The summed E-state index contributed by atoms with van der Waals surface area (Å²) < 4.78 is 0. The van der Waals surface area contributed by atoms with Crippen molar-refractivity contribution in [3.63, 3.8) is 0 Å². The van der Waals surface area contributed by atoms with Crippen LogP contribution >= 0.6 is 15.9 Å². The van der Waals surface area contributed by atoms with Gasteiger partial charge < -0.3 is 5.73 Å². The van der Waals surface area contributed by atoms with Crippen molar-refractivity contribution in [2.75, 3.05) is 0 Å². The number of carbonyl (C=O) groups is 2. The maximum atomic E-state index is 10.7. The summed E-state index contributed by atoms with van der Waals surface area (Å²) in [5.41, 5.74) is 5.05. The van der Waals surface area contributed by atoms with Crippen LogP contribution in [0.3, 0.4) is 0 Å². The molecule has 0 aliphatic carbocycles. The highest BCUT2D eigenvalue weighted by molar-refractivity contribution is 9.10. The summed E-state index contributed by atoms with van der Waals surface area (Å²) in [6.07, 6.45) is 0. The molecule has 3 N–H and O–H groups in total. The number of nitrogens with two attached hydrogens (primary N) is 1. The van der Waals surface area contributed by atoms with Crippen molar-refractivity contribution in [2.45, 2.75) is 4.83 Å². The van der Waals surface area contributed by atoms with Gasteiger partial charge in [0.1, 0.15) is 0 Å². The number of guanidine groups is 1. The molecule has 0 fully saturated rings. The van der Waals surface area contributed by atoms with Crippen LogP contribution in [0.1, 0.15) is 0 Å². The molecule has 10 heavy (non-hydrogen) atoms. The Balaban J connectivity index is 2.89. The van der Waals surface area contributed by atoms with Crippen molar-refractivity contribution in [1.29, 1.82) is 0 Å². The van der Waals surface area contributed by atoms with Gasteiger partial charge in [-0.15, -0.1) is 0 Å². The number of halogens is 1. The molecule has 54 valence electrons. The second kappa shape index (κ2) is 2.37. The van der Waals surface area contributed by atoms with E-state index in [1.54, 1.807) is 0 Å².